The number of anilines is 1. The number of aromatic nitrogens is 3. The lowest BCUT2D eigenvalue weighted by atomic mass is 10.2. The van der Waals surface area contributed by atoms with Crippen molar-refractivity contribution in [3.63, 3.8) is 0 Å². The van der Waals surface area contributed by atoms with Crippen molar-refractivity contribution in [2.45, 2.75) is 4.90 Å². The van der Waals surface area contributed by atoms with Crippen LogP contribution in [0.1, 0.15) is 5.56 Å². The molecule has 0 spiro atoms. The Hall–Kier alpha value is -3.86. The second-order valence-corrected chi connectivity index (χ2v) is 8.18. The number of esters is 1. The lowest BCUT2D eigenvalue weighted by Crippen LogP contribution is -2.15. The average Bonchev–Trinajstić information content (AvgIpc) is 3.22. The van der Waals surface area contributed by atoms with Crippen LogP contribution in [0.4, 0.5) is 5.69 Å². The van der Waals surface area contributed by atoms with E-state index in [0.29, 0.717) is 22.6 Å². The number of hydrogen-bond acceptors (Lipinski definition) is 8. The van der Waals surface area contributed by atoms with Gasteiger partial charge in [-0.25, -0.2) is 13.2 Å². The van der Waals surface area contributed by atoms with E-state index in [2.05, 4.69) is 19.7 Å². The molecule has 0 atom stereocenters. The van der Waals surface area contributed by atoms with Gasteiger partial charge in [0.25, 0.3) is 10.0 Å². The van der Waals surface area contributed by atoms with Crippen LogP contribution in [-0.4, -0.2) is 50.5 Å². The van der Waals surface area contributed by atoms with Gasteiger partial charge in [-0.15, -0.1) is 10.2 Å². The molecule has 0 bridgehead atoms. The molecule has 1 aromatic heterocycles. The zero-order valence-corrected chi connectivity index (χ0v) is 18.7. The monoisotopic (exact) mass is 458 g/mol. The third kappa shape index (κ3) is 4.72. The van der Waals surface area contributed by atoms with E-state index < -0.39 is 16.0 Å². The Kier molecular flexibility index (Phi) is 6.79. The summed E-state index contributed by atoms with van der Waals surface area (Å²) in [5.41, 5.74) is 1.25. The molecule has 11 heteroatoms. The number of benzene rings is 2. The molecule has 168 valence electrons. The van der Waals surface area contributed by atoms with Gasteiger partial charge in [-0.05, 0) is 35.9 Å². The molecule has 0 saturated heterocycles. The molecule has 1 heterocycles. The maximum absolute atomic E-state index is 13.4. The van der Waals surface area contributed by atoms with Gasteiger partial charge < -0.3 is 18.8 Å². The van der Waals surface area contributed by atoms with Crippen molar-refractivity contribution < 1.29 is 27.4 Å². The predicted octanol–water partition coefficient (Wildman–Crippen LogP) is 2.49. The summed E-state index contributed by atoms with van der Waals surface area (Å²) in [5, 5.41) is 7.91. The molecule has 3 aromatic rings. The zero-order chi connectivity index (χ0) is 23.3. The van der Waals surface area contributed by atoms with Crippen LogP contribution in [0.5, 0.6) is 11.5 Å². The fourth-order valence-electron chi connectivity index (χ4n) is 2.97. The van der Waals surface area contributed by atoms with E-state index in [-0.39, 0.29) is 16.4 Å². The number of hydrogen-bond donors (Lipinski definition) is 1. The highest BCUT2D eigenvalue weighted by molar-refractivity contribution is 7.92. The predicted molar refractivity (Wildman–Crippen MR) is 118 cm³/mol. The van der Waals surface area contributed by atoms with Crippen LogP contribution in [-0.2, 0) is 26.6 Å². The smallest absolute Gasteiger partial charge is 0.330 e. The summed E-state index contributed by atoms with van der Waals surface area (Å²) in [5.74, 6) is 0.107. The molecular formula is C21H22N4O6S. The second kappa shape index (κ2) is 9.52. The van der Waals surface area contributed by atoms with Gasteiger partial charge in [0.05, 0.1) is 27.0 Å². The minimum Gasteiger partial charge on any atom is -0.493 e. The van der Waals surface area contributed by atoms with Gasteiger partial charge in [0.1, 0.15) is 11.2 Å². The molecule has 0 radical (unpaired) electrons. The number of nitrogens with one attached hydrogen (secondary N) is 1. The fraction of sp³-hybridized carbons (Fsp3) is 0.190. The number of nitrogens with zero attached hydrogens (tertiary/aromatic N) is 3. The molecule has 0 saturated carbocycles. The summed E-state index contributed by atoms with van der Waals surface area (Å²) in [7, 11) is 1.59. The Bertz CT molecular complexity index is 1270. The fourth-order valence-corrected chi connectivity index (χ4v) is 4.27. The number of methoxy groups -OCH3 is 3. The molecule has 0 fully saturated rings. The lowest BCUT2D eigenvalue weighted by Gasteiger charge is -2.17. The third-order valence-corrected chi connectivity index (χ3v) is 5.86. The molecule has 3 rings (SSSR count). The molecule has 0 aliphatic heterocycles. The normalized spacial score (nSPS) is 11.4. The van der Waals surface area contributed by atoms with Gasteiger partial charge in [-0.3, -0.25) is 4.72 Å². The highest BCUT2D eigenvalue weighted by atomic mass is 32.2. The first kappa shape index (κ1) is 22.8. The number of para-hydroxylation sites is 1. The minimum atomic E-state index is -4.14. The van der Waals surface area contributed by atoms with E-state index >= 15 is 0 Å². The van der Waals surface area contributed by atoms with Crippen molar-refractivity contribution in [2.75, 3.05) is 26.1 Å². The Balaban J connectivity index is 2.10. The maximum Gasteiger partial charge on any atom is 0.330 e. The van der Waals surface area contributed by atoms with Crippen LogP contribution in [0.25, 0.3) is 17.5 Å². The van der Waals surface area contributed by atoms with E-state index in [1.54, 1.807) is 41.9 Å². The van der Waals surface area contributed by atoms with Crippen molar-refractivity contribution in [1.29, 1.82) is 0 Å². The lowest BCUT2D eigenvalue weighted by molar-refractivity contribution is -0.134. The highest BCUT2D eigenvalue weighted by Gasteiger charge is 2.25. The highest BCUT2D eigenvalue weighted by Crippen LogP contribution is 2.37. The number of carbonyl (C=O) groups excluding carboxylic acids is 1. The van der Waals surface area contributed by atoms with Gasteiger partial charge in [0, 0.05) is 18.7 Å². The number of ether oxygens (including phenoxy) is 3. The van der Waals surface area contributed by atoms with E-state index in [1.807, 2.05) is 0 Å². The van der Waals surface area contributed by atoms with Crippen LogP contribution in [0.3, 0.4) is 0 Å². The summed E-state index contributed by atoms with van der Waals surface area (Å²) in [6.45, 7) is 0. The van der Waals surface area contributed by atoms with Crippen molar-refractivity contribution in [3.8, 4) is 22.9 Å². The van der Waals surface area contributed by atoms with Gasteiger partial charge >= 0.3 is 5.97 Å². The summed E-state index contributed by atoms with van der Waals surface area (Å²) in [6.07, 6.45) is 4.11. The molecule has 0 aliphatic carbocycles. The van der Waals surface area contributed by atoms with Crippen LogP contribution in [0, 0.1) is 0 Å². The van der Waals surface area contributed by atoms with E-state index in [9.17, 15) is 13.2 Å². The van der Waals surface area contributed by atoms with Crippen LogP contribution < -0.4 is 14.2 Å². The summed E-state index contributed by atoms with van der Waals surface area (Å²) in [6, 6.07) is 9.73. The number of sulfonamides is 1. The molecule has 0 aliphatic rings. The zero-order valence-electron chi connectivity index (χ0n) is 17.9. The Morgan fingerprint density at radius 2 is 1.88 bits per heavy atom. The third-order valence-electron chi connectivity index (χ3n) is 4.49. The summed E-state index contributed by atoms with van der Waals surface area (Å²) >= 11 is 0. The quantitative estimate of drug-likeness (QED) is 0.404. The van der Waals surface area contributed by atoms with Gasteiger partial charge in [-0.2, -0.15) is 0 Å². The van der Waals surface area contributed by atoms with Crippen LogP contribution >= 0.6 is 0 Å². The Morgan fingerprint density at radius 3 is 2.50 bits per heavy atom. The molecule has 0 amide bonds. The number of rotatable bonds is 8. The topological polar surface area (TPSA) is 122 Å². The van der Waals surface area contributed by atoms with Crippen LogP contribution in [0.2, 0.25) is 0 Å². The molecule has 2 aromatic carbocycles. The van der Waals surface area contributed by atoms with Crippen molar-refractivity contribution in [3.05, 3.63) is 54.4 Å². The summed E-state index contributed by atoms with van der Waals surface area (Å²) in [4.78, 5) is 11.3. The molecule has 1 N–H and O–H groups in total. The van der Waals surface area contributed by atoms with Gasteiger partial charge in [-0.1, -0.05) is 12.1 Å². The first-order valence-electron chi connectivity index (χ1n) is 9.29. The molecular weight excluding hydrogens is 436 g/mol. The van der Waals surface area contributed by atoms with Gasteiger partial charge in [0.15, 0.2) is 17.3 Å². The van der Waals surface area contributed by atoms with E-state index in [0.717, 1.165) is 0 Å². The van der Waals surface area contributed by atoms with Crippen molar-refractivity contribution in [2.24, 2.45) is 7.05 Å². The maximum atomic E-state index is 13.4. The second-order valence-electron chi connectivity index (χ2n) is 6.53. The Labute approximate surface area is 185 Å². The minimum absolute atomic E-state index is 0.0198. The largest absolute Gasteiger partial charge is 0.493 e. The van der Waals surface area contributed by atoms with Crippen LogP contribution in [0.15, 0.2) is 53.7 Å². The van der Waals surface area contributed by atoms with E-state index in [4.69, 9.17) is 9.47 Å². The van der Waals surface area contributed by atoms with E-state index in [1.165, 1.54) is 45.9 Å². The first-order chi connectivity index (χ1) is 15.3. The first-order valence-corrected chi connectivity index (χ1v) is 10.8. The number of aryl methyl sites for hydroxylation is 1. The molecule has 10 nitrogen and oxygen atoms in total. The molecule has 32 heavy (non-hydrogen) atoms. The standard InChI is InChI=1S/C21H22N4O6S/c1-25-13-22-23-21(25)15-7-5-6-8-16(15)24-32(27,28)18-12-14(9-10-19(26)30-3)11-17(29-2)20(18)31-4/h5-13,24H,1-4H3/b10-9+. The Morgan fingerprint density at radius 1 is 1.12 bits per heavy atom. The number of carbonyl (C=O) groups is 1. The van der Waals surface area contributed by atoms with Gasteiger partial charge in [0.2, 0.25) is 0 Å². The van der Waals surface area contributed by atoms with Crippen molar-refractivity contribution >= 4 is 27.8 Å². The SMILES string of the molecule is COC(=O)/C=C/c1cc(OC)c(OC)c(S(=O)(=O)Nc2ccccc2-c2nncn2C)c1. The average molecular weight is 458 g/mol. The summed E-state index contributed by atoms with van der Waals surface area (Å²) < 4.78 is 46.3. The molecule has 0 unspecified atom stereocenters. The van der Waals surface area contributed by atoms with Crippen molar-refractivity contribution in [1.82, 2.24) is 14.8 Å².